The number of nitrogens with zero attached hydrogens (tertiary/aromatic N) is 4. The van der Waals surface area contributed by atoms with Gasteiger partial charge in [-0.1, -0.05) is 61.4 Å². The number of nitrogens with one attached hydrogen (secondary N) is 4. The molecule has 0 bridgehead atoms. The summed E-state index contributed by atoms with van der Waals surface area (Å²) < 4.78 is 13.1. The van der Waals surface area contributed by atoms with Gasteiger partial charge in [0.2, 0.25) is 12.1 Å². The second kappa shape index (κ2) is 11.3. The molecule has 1 atom stereocenters. The van der Waals surface area contributed by atoms with Crippen molar-refractivity contribution in [1.82, 2.24) is 15.1 Å². The molecule has 40 heavy (non-hydrogen) atoms. The summed E-state index contributed by atoms with van der Waals surface area (Å²) in [5.74, 6) is 0.00850. The van der Waals surface area contributed by atoms with Crippen LogP contribution in [0, 0.1) is 10.8 Å². The minimum Gasteiger partial charge on any atom is -0.407 e. The molecule has 2 fully saturated rings. The SMILES string of the molecule is N=C(NC1N=C(c2ccccc2)c2ccccc2NC1=O)OC(=N)c1cn(C2CCCC2)nc1N1CCOCC1. The zero-order chi connectivity index (χ0) is 27.5. The van der Waals surface area contributed by atoms with Crippen molar-refractivity contribution in [1.29, 1.82) is 10.8 Å². The number of hydrogen-bond acceptors (Lipinski definition) is 8. The minimum absolute atomic E-state index is 0.215. The molecular formula is C29H32N8O3. The largest absolute Gasteiger partial charge is 0.407 e. The molecule has 0 radical (unpaired) electrons. The van der Waals surface area contributed by atoms with Crippen LogP contribution in [0.1, 0.15) is 48.4 Å². The predicted molar refractivity (Wildman–Crippen MR) is 152 cm³/mol. The lowest BCUT2D eigenvalue weighted by atomic mass is 10.0. The lowest BCUT2D eigenvalue weighted by Crippen LogP contribution is -2.43. The molecule has 2 aromatic carbocycles. The van der Waals surface area contributed by atoms with Gasteiger partial charge in [-0.2, -0.15) is 5.10 Å². The summed E-state index contributed by atoms with van der Waals surface area (Å²) in [4.78, 5) is 19.9. The Morgan fingerprint density at radius 2 is 1.75 bits per heavy atom. The first-order valence-corrected chi connectivity index (χ1v) is 13.6. The van der Waals surface area contributed by atoms with E-state index in [1.165, 1.54) is 0 Å². The number of morpholine rings is 1. The third-order valence-electron chi connectivity index (χ3n) is 7.43. The molecule has 1 saturated heterocycles. The number of para-hydroxylation sites is 1. The van der Waals surface area contributed by atoms with Crippen molar-refractivity contribution < 1.29 is 14.3 Å². The van der Waals surface area contributed by atoms with Crippen molar-refractivity contribution in [2.75, 3.05) is 36.5 Å². The third kappa shape index (κ3) is 5.32. The Labute approximate surface area is 232 Å². The monoisotopic (exact) mass is 540 g/mol. The Balaban J connectivity index is 1.23. The Bertz CT molecular complexity index is 1440. The number of carbonyl (C=O) groups is 1. The molecule has 0 spiro atoms. The van der Waals surface area contributed by atoms with E-state index in [1.54, 1.807) is 0 Å². The van der Waals surface area contributed by atoms with Crippen LogP contribution in [0.4, 0.5) is 11.5 Å². The van der Waals surface area contributed by atoms with E-state index < -0.39 is 18.1 Å². The van der Waals surface area contributed by atoms with Gasteiger partial charge in [-0.15, -0.1) is 0 Å². The van der Waals surface area contributed by atoms with Gasteiger partial charge in [-0.3, -0.25) is 20.3 Å². The quantitative estimate of drug-likeness (QED) is 0.288. The minimum atomic E-state index is -1.14. The fourth-order valence-corrected chi connectivity index (χ4v) is 5.40. The molecule has 11 nitrogen and oxygen atoms in total. The second-order valence-corrected chi connectivity index (χ2v) is 10.1. The van der Waals surface area contributed by atoms with Crippen LogP contribution in [0.3, 0.4) is 0 Å². The highest BCUT2D eigenvalue weighted by molar-refractivity contribution is 6.19. The van der Waals surface area contributed by atoms with Crippen molar-refractivity contribution in [2.45, 2.75) is 37.9 Å². The topological polar surface area (TPSA) is 141 Å². The summed E-state index contributed by atoms with van der Waals surface area (Å²) in [5, 5.41) is 27.7. The van der Waals surface area contributed by atoms with Crippen molar-refractivity contribution in [3.05, 3.63) is 77.5 Å². The number of aliphatic imine (C=N–C) groups is 1. The summed E-state index contributed by atoms with van der Waals surface area (Å²) in [6, 6.07) is 16.9. The first-order chi connectivity index (χ1) is 19.6. The van der Waals surface area contributed by atoms with Crippen LogP contribution < -0.4 is 15.5 Å². The van der Waals surface area contributed by atoms with Gasteiger partial charge < -0.3 is 25.0 Å². The van der Waals surface area contributed by atoms with Crippen LogP contribution in [0.2, 0.25) is 0 Å². The van der Waals surface area contributed by atoms with E-state index in [4.69, 9.17) is 30.4 Å². The maximum Gasteiger partial charge on any atom is 0.290 e. The zero-order valence-corrected chi connectivity index (χ0v) is 22.1. The van der Waals surface area contributed by atoms with Gasteiger partial charge in [-0.25, -0.2) is 4.99 Å². The Hall–Kier alpha value is -4.51. The van der Waals surface area contributed by atoms with Crippen molar-refractivity contribution in [3.8, 4) is 0 Å². The molecule has 1 aromatic heterocycles. The highest BCUT2D eigenvalue weighted by atomic mass is 16.5. The van der Waals surface area contributed by atoms with Crippen LogP contribution in [0.15, 0.2) is 65.8 Å². The van der Waals surface area contributed by atoms with Gasteiger partial charge in [0, 0.05) is 30.4 Å². The first kappa shape index (κ1) is 25.8. The number of carbonyl (C=O) groups excluding carboxylic acids is 1. The summed E-state index contributed by atoms with van der Waals surface area (Å²) in [6.07, 6.45) is 5.13. The summed E-state index contributed by atoms with van der Waals surface area (Å²) in [6.45, 7) is 2.50. The van der Waals surface area contributed by atoms with E-state index in [0.717, 1.165) is 36.8 Å². The molecular weight excluding hydrogens is 508 g/mol. The molecule has 3 heterocycles. The van der Waals surface area contributed by atoms with E-state index in [9.17, 15) is 4.79 Å². The Kier molecular flexibility index (Phi) is 7.28. The molecule has 6 rings (SSSR count). The lowest BCUT2D eigenvalue weighted by molar-refractivity contribution is -0.117. The van der Waals surface area contributed by atoms with Crippen molar-refractivity contribution >= 4 is 35.0 Å². The van der Waals surface area contributed by atoms with Gasteiger partial charge in [-0.05, 0) is 18.9 Å². The second-order valence-electron chi connectivity index (χ2n) is 10.1. The van der Waals surface area contributed by atoms with Gasteiger partial charge >= 0.3 is 0 Å². The first-order valence-electron chi connectivity index (χ1n) is 13.6. The number of benzene rings is 2. The summed E-state index contributed by atoms with van der Waals surface area (Å²) in [7, 11) is 0. The van der Waals surface area contributed by atoms with Crippen LogP contribution in [0.25, 0.3) is 0 Å². The third-order valence-corrected chi connectivity index (χ3v) is 7.43. The van der Waals surface area contributed by atoms with E-state index in [0.29, 0.717) is 55.1 Å². The summed E-state index contributed by atoms with van der Waals surface area (Å²) in [5.41, 5.74) is 3.37. The number of hydrogen-bond donors (Lipinski definition) is 4. The van der Waals surface area contributed by atoms with Gasteiger partial charge in [0.1, 0.15) is 0 Å². The van der Waals surface area contributed by atoms with E-state index >= 15 is 0 Å². The molecule has 3 aliphatic rings. The van der Waals surface area contributed by atoms with Crippen molar-refractivity contribution in [3.63, 3.8) is 0 Å². The van der Waals surface area contributed by atoms with E-state index in [2.05, 4.69) is 15.5 Å². The van der Waals surface area contributed by atoms with Crippen LogP contribution >= 0.6 is 0 Å². The number of amides is 1. The maximum atomic E-state index is 13.1. The smallest absolute Gasteiger partial charge is 0.290 e. The highest BCUT2D eigenvalue weighted by Gasteiger charge is 2.29. The van der Waals surface area contributed by atoms with Crippen LogP contribution in [0.5, 0.6) is 0 Å². The fraction of sp³-hybridized carbons (Fsp3) is 0.345. The van der Waals surface area contributed by atoms with E-state index in [-0.39, 0.29) is 5.90 Å². The Morgan fingerprint density at radius 1 is 1.02 bits per heavy atom. The molecule has 2 aliphatic heterocycles. The number of benzodiazepines with no additional fused rings is 1. The van der Waals surface area contributed by atoms with Crippen LogP contribution in [-0.2, 0) is 14.3 Å². The molecule has 3 aromatic rings. The Morgan fingerprint density at radius 3 is 2.52 bits per heavy atom. The predicted octanol–water partition coefficient (Wildman–Crippen LogP) is 3.52. The molecule has 1 saturated carbocycles. The number of fused-ring (bicyclic) bond motifs is 1. The average molecular weight is 541 g/mol. The number of anilines is 2. The molecule has 206 valence electrons. The number of amidine groups is 1. The van der Waals surface area contributed by atoms with Gasteiger partial charge in [0.25, 0.3) is 11.9 Å². The molecule has 1 aliphatic carbocycles. The number of rotatable bonds is 5. The normalized spacial score (nSPS) is 19.3. The molecule has 11 heteroatoms. The molecule has 1 unspecified atom stereocenters. The lowest BCUT2D eigenvalue weighted by Gasteiger charge is -2.27. The molecule has 1 amide bonds. The summed E-state index contributed by atoms with van der Waals surface area (Å²) >= 11 is 0. The highest BCUT2D eigenvalue weighted by Crippen LogP contribution is 2.32. The number of ether oxygens (including phenoxy) is 2. The van der Waals surface area contributed by atoms with Crippen LogP contribution in [-0.4, -0.2) is 65.8 Å². The average Bonchev–Trinajstić information content (AvgIpc) is 3.65. The van der Waals surface area contributed by atoms with Gasteiger partial charge in [0.05, 0.1) is 36.2 Å². The fourth-order valence-electron chi connectivity index (χ4n) is 5.40. The maximum absolute atomic E-state index is 13.1. The zero-order valence-electron chi connectivity index (χ0n) is 22.1. The van der Waals surface area contributed by atoms with E-state index in [1.807, 2.05) is 65.5 Å². The van der Waals surface area contributed by atoms with Gasteiger partial charge in [0.15, 0.2) is 5.82 Å². The molecule has 4 N–H and O–H groups in total. The standard InChI is InChI=1S/C29H32N8O3/c30-25(22-18-37(20-10-4-5-11-20)35-27(22)36-14-16-39-17-15-36)40-29(31)34-26-28(38)32-23-13-7-6-12-21(23)24(33-26)19-8-2-1-3-9-19/h1-3,6-9,12-13,18,20,26,30H,4-5,10-11,14-17H2,(H2,31,34)(H,32,38). The van der Waals surface area contributed by atoms with Crippen molar-refractivity contribution in [2.24, 2.45) is 4.99 Å². The number of aromatic nitrogens is 2.